The molecule has 1 aliphatic heterocycles. The van der Waals surface area contributed by atoms with Gasteiger partial charge in [-0.1, -0.05) is 41.1 Å². The van der Waals surface area contributed by atoms with Crippen LogP contribution in [0.3, 0.4) is 0 Å². The van der Waals surface area contributed by atoms with Gasteiger partial charge in [-0.05, 0) is 94.3 Å². The molecular weight excluding hydrogens is 668 g/mol. The minimum atomic E-state index is -0.841. The van der Waals surface area contributed by atoms with Gasteiger partial charge in [0, 0.05) is 10.6 Å². The summed E-state index contributed by atoms with van der Waals surface area (Å²) >= 11 is 7.58. The lowest BCUT2D eigenvalue weighted by Crippen LogP contribution is -2.40. The normalized spacial score (nSPS) is 14.3. The molecule has 2 heterocycles. The molecule has 4 aromatic rings. The van der Waals surface area contributed by atoms with Crippen LogP contribution in [0.4, 0.5) is 0 Å². The Labute approximate surface area is 292 Å². The van der Waals surface area contributed by atoms with E-state index in [-0.39, 0.29) is 36.4 Å². The van der Waals surface area contributed by atoms with Gasteiger partial charge in [-0.25, -0.2) is 14.6 Å². The van der Waals surface area contributed by atoms with Gasteiger partial charge in [-0.2, -0.15) is 0 Å². The van der Waals surface area contributed by atoms with E-state index in [1.54, 1.807) is 81.4 Å². The second kappa shape index (κ2) is 15.6. The maximum absolute atomic E-state index is 14.3. The van der Waals surface area contributed by atoms with E-state index in [2.05, 4.69) is 4.99 Å². The quantitative estimate of drug-likeness (QED) is 0.165. The summed E-state index contributed by atoms with van der Waals surface area (Å²) in [5.74, 6) is 0.540. The number of benzene rings is 3. The van der Waals surface area contributed by atoms with E-state index in [4.69, 9.17) is 35.3 Å². The van der Waals surface area contributed by atoms with Gasteiger partial charge in [0.15, 0.2) is 16.3 Å². The monoisotopic (exact) mass is 704 g/mol. The summed E-state index contributed by atoms with van der Waals surface area (Å²) in [5.41, 5.74) is 2.82. The van der Waals surface area contributed by atoms with Crippen LogP contribution in [0.25, 0.3) is 6.08 Å². The van der Waals surface area contributed by atoms with Crippen LogP contribution in [-0.2, 0) is 20.9 Å². The van der Waals surface area contributed by atoms with Gasteiger partial charge in [0.1, 0.15) is 12.4 Å². The fraction of sp³-hybridized carbons (Fsp3) is 0.297. The highest BCUT2D eigenvalue weighted by Gasteiger charge is 2.34. The van der Waals surface area contributed by atoms with Crippen LogP contribution in [0, 0.1) is 0 Å². The maximum atomic E-state index is 14.3. The summed E-state index contributed by atoms with van der Waals surface area (Å²) in [6.45, 7) is 9.69. The number of fused-ring (bicyclic) bond motifs is 1. The van der Waals surface area contributed by atoms with Gasteiger partial charge in [-0.15, -0.1) is 0 Å². The van der Waals surface area contributed by atoms with E-state index in [1.807, 2.05) is 19.9 Å². The smallest absolute Gasteiger partial charge is 0.338 e. The molecule has 1 aliphatic rings. The molecule has 1 aromatic heterocycles. The Kier molecular flexibility index (Phi) is 11.3. The van der Waals surface area contributed by atoms with Crippen molar-refractivity contribution >= 4 is 41.0 Å². The van der Waals surface area contributed by atoms with Crippen molar-refractivity contribution in [2.75, 3.05) is 20.3 Å². The van der Waals surface area contributed by atoms with Crippen LogP contribution in [0.2, 0.25) is 5.02 Å². The molecule has 0 unspecified atom stereocenters. The van der Waals surface area contributed by atoms with Crippen molar-refractivity contribution in [1.29, 1.82) is 0 Å². The summed E-state index contributed by atoms with van der Waals surface area (Å²) in [4.78, 5) is 44.7. The molecule has 0 bridgehead atoms. The van der Waals surface area contributed by atoms with E-state index >= 15 is 0 Å². The highest BCUT2D eigenvalue weighted by atomic mass is 35.5. The molecule has 10 nitrogen and oxygen atoms in total. The minimum Gasteiger partial charge on any atom is -0.493 e. The fourth-order valence-corrected chi connectivity index (χ4v) is 6.55. The van der Waals surface area contributed by atoms with E-state index < -0.39 is 12.0 Å². The molecule has 256 valence electrons. The van der Waals surface area contributed by atoms with E-state index in [1.165, 1.54) is 23.0 Å². The molecule has 0 amide bonds. The van der Waals surface area contributed by atoms with Crippen LogP contribution in [0.5, 0.6) is 17.2 Å². The van der Waals surface area contributed by atoms with E-state index in [9.17, 15) is 14.4 Å². The molecule has 0 radical (unpaired) electrons. The molecule has 5 rings (SSSR count). The Bertz CT molecular complexity index is 2080. The summed E-state index contributed by atoms with van der Waals surface area (Å²) in [7, 11) is 1.54. The second-order valence-corrected chi connectivity index (χ2v) is 12.7. The van der Waals surface area contributed by atoms with Crippen molar-refractivity contribution in [1.82, 2.24) is 4.57 Å². The van der Waals surface area contributed by atoms with Crippen molar-refractivity contribution in [3.63, 3.8) is 0 Å². The van der Waals surface area contributed by atoms with Crippen molar-refractivity contribution in [3.05, 3.63) is 119 Å². The third-order valence-corrected chi connectivity index (χ3v) is 8.72. The predicted molar refractivity (Wildman–Crippen MR) is 187 cm³/mol. The first kappa shape index (κ1) is 35.4. The number of ether oxygens (including phenoxy) is 5. The number of allylic oxidation sites excluding steroid dienone is 1. The minimum absolute atomic E-state index is 0.0908. The van der Waals surface area contributed by atoms with Crippen molar-refractivity contribution < 1.29 is 33.3 Å². The van der Waals surface area contributed by atoms with Gasteiger partial charge in [-0.3, -0.25) is 9.36 Å². The first-order valence-corrected chi connectivity index (χ1v) is 17.0. The van der Waals surface area contributed by atoms with Gasteiger partial charge >= 0.3 is 11.9 Å². The highest BCUT2D eigenvalue weighted by Crippen LogP contribution is 2.36. The first-order valence-electron chi connectivity index (χ1n) is 15.8. The Morgan fingerprint density at radius 3 is 2.33 bits per heavy atom. The summed E-state index contributed by atoms with van der Waals surface area (Å²) in [6.07, 6.45) is 1.61. The number of thiazole rings is 1. The number of esters is 2. The lowest BCUT2D eigenvalue weighted by Gasteiger charge is -2.25. The largest absolute Gasteiger partial charge is 0.493 e. The molecule has 0 spiro atoms. The average molecular weight is 705 g/mol. The number of carbonyl (C=O) groups excluding carboxylic acids is 2. The van der Waals surface area contributed by atoms with Gasteiger partial charge < -0.3 is 23.7 Å². The lowest BCUT2D eigenvalue weighted by atomic mass is 9.95. The Balaban J connectivity index is 1.56. The molecule has 0 saturated carbocycles. The fourth-order valence-electron chi connectivity index (χ4n) is 5.33. The lowest BCUT2D eigenvalue weighted by molar-refractivity contribution is -0.139. The number of nitrogens with zero attached hydrogens (tertiary/aromatic N) is 2. The zero-order chi connectivity index (χ0) is 35.2. The number of hydrogen-bond acceptors (Lipinski definition) is 10. The predicted octanol–water partition coefficient (Wildman–Crippen LogP) is 6.00. The third-order valence-electron chi connectivity index (χ3n) is 7.50. The number of hydrogen-bond donors (Lipinski definition) is 0. The average Bonchev–Trinajstić information content (AvgIpc) is 3.37. The molecule has 0 N–H and O–H groups in total. The number of methoxy groups -OCH3 is 1. The van der Waals surface area contributed by atoms with Crippen LogP contribution in [0.15, 0.2) is 81.7 Å². The second-order valence-electron chi connectivity index (χ2n) is 11.3. The van der Waals surface area contributed by atoms with Crippen LogP contribution >= 0.6 is 22.9 Å². The molecule has 12 heteroatoms. The Morgan fingerprint density at radius 2 is 1.65 bits per heavy atom. The highest BCUT2D eigenvalue weighted by molar-refractivity contribution is 7.07. The summed E-state index contributed by atoms with van der Waals surface area (Å²) in [6, 6.07) is 16.6. The maximum Gasteiger partial charge on any atom is 0.338 e. The molecule has 1 atom stereocenters. The Morgan fingerprint density at radius 1 is 0.959 bits per heavy atom. The zero-order valence-electron chi connectivity index (χ0n) is 28.1. The van der Waals surface area contributed by atoms with E-state index in [0.717, 1.165) is 5.56 Å². The van der Waals surface area contributed by atoms with Crippen LogP contribution in [0.1, 0.15) is 67.7 Å². The van der Waals surface area contributed by atoms with Crippen LogP contribution in [-0.4, -0.2) is 42.9 Å². The first-order chi connectivity index (χ1) is 23.5. The molecule has 3 aromatic carbocycles. The molecule has 0 aliphatic carbocycles. The standard InChI is InChI=1S/C37H37ClN2O8S/c1-7-45-35(42)24-11-9-23(10-12-24)20-47-28-16-14-27(38)17-26(28)19-31-34(41)40-33(25-13-15-29(48-21(3)4)30(18-25)44-6)32(36(43)46-8-2)22(5)39-37(40)49-31/h9-19,21,33H,7-8,20H2,1-6H3/b31-19+/t33-/m1/s1. The number of halogens is 1. The number of aromatic nitrogens is 1. The molecule has 49 heavy (non-hydrogen) atoms. The van der Waals surface area contributed by atoms with Crippen molar-refractivity contribution in [2.24, 2.45) is 4.99 Å². The third kappa shape index (κ3) is 7.90. The molecule has 0 saturated heterocycles. The van der Waals surface area contributed by atoms with Gasteiger partial charge in [0.2, 0.25) is 0 Å². The van der Waals surface area contributed by atoms with Gasteiger partial charge in [0.25, 0.3) is 5.56 Å². The topological polar surface area (TPSA) is 115 Å². The molecular formula is C37H37ClN2O8S. The zero-order valence-corrected chi connectivity index (χ0v) is 29.6. The van der Waals surface area contributed by atoms with Crippen molar-refractivity contribution in [3.8, 4) is 17.2 Å². The van der Waals surface area contributed by atoms with E-state index in [0.29, 0.717) is 60.6 Å². The van der Waals surface area contributed by atoms with Crippen molar-refractivity contribution in [2.45, 2.75) is 53.4 Å². The summed E-state index contributed by atoms with van der Waals surface area (Å²) in [5, 5.41) is 0.458. The Hall–Kier alpha value is -4.87. The summed E-state index contributed by atoms with van der Waals surface area (Å²) < 4.78 is 30.1. The van der Waals surface area contributed by atoms with Gasteiger partial charge in [0.05, 0.1) is 53.8 Å². The van der Waals surface area contributed by atoms with Crippen LogP contribution < -0.4 is 29.1 Å². The number of rotatable bonds is 12. The number of carbonyl (C=O) groups is 2. The molecule has 0 fully saturated rings. The SMILES string of the molecule is CCOC(=O)C1=C(C)N=c2s/c(=C/c3cc(Cl)ccc3OCc3ccc(C(=O)OCC)cc3)c(=O)n2[C@@H]1c1ccc(OC(C)C)c(OC)c1.